The van der Waals surface area contributed by atoms with E-state index >= 15 is 0 Å². The summed E-state index contributed by atoms with van der Waals surface area (Å²) in [5.41, 5.74) is 1.41. The van der Waals surface area contributed by atoms with Crippen molar-refractivity contribution in [3.8, 4) is 5.75 Å². The van der Waals surface area contributed by atoms with Crippen molar-refractivity contribution in [1.29, 1.82) is 0 Å². The summed E-state index contributed by atoms with van der Waals surface area (Å²) in [5.74, 6) is 0.136. The molecule has 2 aromatic rings. The van der Waals surface area contributed by atoms with E-state index < -0.39 is 16.1 Å². The van der Waals surface area contributed by atoms with Gasteiger partial charge in [0.1, 0.15) is 5.75 Å². The van der Waals surface area contributed by atoms with Crippen molar-refractivity contribution < 1.29 is 22.7 Å². The highest BCUT2D eigenvalue weighted by molar-refractivity contribution is 7.89. The Morgan fingerprint density at radius 3 is 2.34 bits per heavy atom. The first-order valence-corrected chi connectivity index (χ1v) is 10.8. The van der Waals surface area contributed by atoms with Gasteiger partial charge in [0.05, 0.1) is 29.7 Å². The molecule has 0 bridgehead atoms. The van der Waals surface area contributed by atoms with Gasteiger partial charge in [-0.1, -0.05) is 12.1 Å². The van der Waals surface area contributed by atoms with Crippen LogP contribution in [-0.4, -0.2) is 39.4 Å². The zero-order chi connectivity index (χ0) is 21.0. The number of anilines is 1. The number of benzene rings is 2. The molecule has 3 rings (SSSR count). The molecule has 2 aromatic carbocycles. The Balaban J connectivity index is 1.57. The Morgan fingerprint density at radius 2 is 1.76 bits per heavy atom. The predicted octanol–water partition coefficient (Wildman–Crippen LogP) is 1.20. The molecule has 0 radical (unpaired) electrons. The summed E-state index contributed by atoms with van der Waals surface area (Å²) in [5, 5.41) is 8.19. The second-order valence-electron chi connectivity index (χ2n) is 6.64. The van der Waals surface area contributed by atoms with Crippen LogP contribution in [0.25, 0.3) is 0 Å². The van der Waals surface area contributed by atoms with Crippen LogP contribution in [0.3, 0.4) is 0 Å². The Morgan fingerprint density at radius 1 is 1.10 bits per heavy atom. The van der Waals surface area contributed by atoms with E-state index in [9.17, 15) is 18.0 Å². The van der Waals surface area contributed by atoms with E-state index in [-0.39, 0.29) is 23.1 Å². The fraction of sp³-hybridized carbons (Fsp3) is 0.300. The highest BCUT2D eigenvalue weighted by Crippen LogP contribution is 2.25. The maximum atomic E-state index is 12.7. The molecule has 29 heavy (non-hydrogen) atoms. The molecule has 1 aliphatic heterocycles. The highest BCUT2D eigenvalue weighted by Gasteiger charge is 2.39. The van der Waals surface area contributed by atoms with Crippen LogP contribution in [0.5, 0.6) is 5.75 Å². The number of rotatable bonds is 8. The lowest BCUT2D eigenvalue weighted by atomic mass is 10.1. The highest BCUT2D eigenvalue weighted by atomic mass is 32.2. The molecule has 1 saturated heterocycles. The standard InChI is InChI=1S/C20H23N3O5S/c1-2-28-16-7-5-15(6-8-16)23-19(24)13-18(20(23)25)22-12-11-14-3-9-17(10-4-14)29(21,26)27/h3-10,18,22H,2,11-13H2,1H3,(H2,21,26,27)/t18-/m0/s1. The minimum absolute atomic E-state index is 0.0526. The number of primary sulfonamides is 1. The van der Waals surface area contributed by atoms with Gasteiger partial charge in [-0.15, -0.1) is 0 Å². The zero-order valence-electron chi connectivity index (χ0n) is 16.0. The van der Waals surface area contributed by atoms with Gasteiger partial charge in [0.2, 0.25) is 15.9 Å². The first-order chi connectivity index (χ1) is 13.8. The van der Waals surface area contributed by atoms with Gasteiger partial charge in [-0.2, -0.15) is 0 Å². The van der Waals surface area contributed by atoms with Gasteiger partial charge in [-0.05, 0) is 61.9 Å². The number of ether oxygens (including phenoxy) is 1. The Kier molecular flexibility index (Phi) is 6.31. The number of nitrogens with one attached hydrogen (secondary N) is 1. The normalized spacial score (nSPS) is 17.0. The number of hydrogen-bond donors (Lipinski definition) is 2. The molecule has 154 valence electrons. The van der Waals surface area contributed by atoms with Gasteiger partial charge in [-0.3, -0.25) is 9.59 Å². The van der Waals surface area contributed by atoms with E-state index in [0.29, 0.717) is 31.0 Å². The quantitative estimate of drug-likeness (QED) is 0.623. The molecule has 0 unspecified atom stereocenters. The minimum atomic E-state index is -3.72. The minimum Gasteiger partial charge on any atom is -0.494 e. The molecule has 0 aliphatic carbocycles. The summed E-state index contributed by atoms with van der Waals surface area (Å²) >= 11 is 0. The smallest absolute Gasteiger partial charge is 0.251 e. The first-order valence-electron chi connectivity index (χ1n) is 9.24. The third-order valence-electron chi connectivity index (χ3n) is 4.61. The van der Waals surface area contributed by atoms with Crippen molar-refractivity contribution in [2.24, 2.45) is 5.14 Å². The average Bonchev–Trinajstić information content (AvgIpc) is 2.96. The van der Waals surface area contributed by atoms with Crippen molar-refractivity contribution in [3.05, 3.63) is 54.1 Å². The summed E-state index contributed by atoms with van der Waals surface area (Å²) in [7, 11) is -3.72. The molecule has 0 saturated carbocycles. The van der Waals surface area contributed by atoms with E-state index in [2.05, 4.69) is 5.32 Å². The molecule has 9 heteroatoms. The van der Waals surface area contributed by atoms with E-state index in [1.54, 1.807) is 36.4 Å². The Bertz CT molecular complexity index is 988. The molecule has 3 N–H and O–H groups in total. The maximum absolute atomic E-state index is 12.7. The van der Waals surface area contributed by atoms with Gasteiger partial charge in [0.25, 0.3) is 5.91 Å². The summed E-state index contributed by atoms with van der Waals surface area (Å²) in [4.78, 5) is 26.2. The molecule has 1 aliphatic rings. The molecular weight excluding hydrogens is 394 g/mol. The molecule has 1 atom stereocenters. The van der Waals surface area contributed by atoms with Crippen LogP contribution in [-0.2, 0) is 26.0 Å². The fourth-order valence-electron chi connectivity index (χ4n) is 3.16. The summed E-state index contributed by atoms with van der Waals surface area (Å²) in [6.45, 7) is 2.89. The molecule has 2 amide bonds. The molecule has 0 spiro atoms. The lowest BCUT2D eigenvalue weighted by molar-refractivity contribution is -0.121. The molecular formula is C20H23N3O5S. The van der Waals surface area contributed by atoms with Crippen LogP contribution in [0.1, 0.15) is 18.9 Å². The maximum Gasteiger partial charge on any atom is 0.251 e. The number of carbonyl (C=O) groups is 2. The van der Waals surface area contributed by atoms with Crippen molar-refractivity contribution in [2.75, 3.05) is 18.1 Å². The molecule has 0 aromatic heterocycles. The van der Waals surface area contributed by atoms with Crippen molar-refractivity contribution in [1.82, 2.24) is 5.32 Å². The van der Waals surface area contributed by atoms with E-state index in [0.717, 1.165) is 5.56 Å². The monoisotopic (exact) mass is 417 g/mol. The SMILES string of the molecule is CCOc1ccc(N2C(=O)C[C@H](NCCc3ccc(S(N)(=O)=O)cc3)C2=O)cc1. The Labute approximate surface area is 169 Å². The van der Waals surface area contributed by atoms with Crippen LogP contribution in [0.15, 0.2) is 53.4 Å². The van der Waals surface area contributed by atoms with Crippen LogP contribution in [0.2, 0.25) is 0 Å². The number of nitrogens with two attached hydrogens (primary N) is 1. The molecule has 1 heterocycles. The van der Waals surface area contributed by atoms with Crippen LogP contribution < -0.4 is 20.1 Å². The lowest BCUT2D eigenvalue weighted by Gasteiger charge is -2.16. The number of hydrogen-bond acceptors (Lipinski definition) is 6. The van der Waals surface area contributed by atoms with Crippen molar-refractivity contribution >= 4 is 27.5 Å². The number of carbonyl (C=O) groups excluding carboxylic acids is 2. The second-order valence-corrected chi connectivity index (χ2v) is 8.21. The van der Waals surface area contributed by atoms with Crippen LogP contribution >= 0.6 is 0 Å². The average molecular weight is 417 g/mol. The number of sulfonamides is 1. The lowest BCUT2D eigenvalue weighted by Crippen LogP contribution is -2.39. The van der Waals surface area contributed by atoms with Gasteiger partial charge >= 0.3 is 0 Å². The molecule has 1 fully saturated rings. The van der Waals surface area contributed by atoms with Gasteiger partial charge in [-0.25, -0.2) is 18.5 Å². The summed E-state index contributed by atoms with van der Waals surface area (Å²) in [6, 6.07) is 12.5. The first kappa shape index (κ1) is 21.0. The van der Waals surface area contributed by atoms with Crippen LogP contribution in [0.4, 0.5) is 5.69 Å². The summed E-state index contributed by atoms with van der Waals surface area (Å²) < 4.78 is 27.9. The predicted molar refractivity (Wildman–Crippen MR) is 108 cm³/mol. The largest absolute Gasteiger partial charge is 0.494 e. The topological polar surface area (TPSA) is 119 Å². The van der Waals surface area contributed by atoms with Crippen LogP contribution in [0, 0.1) is 0 Å². The zero-order valence-corrected chi connectivity index (χ0v) is 16.8. The number of nitrogens with zero attached hydrogens (tertiary/aromatic N) is 1. The van der Waals surface area contributed by atoms with Gasteiger partial charge < -0.3 is 10.1 Å². The van der Waals surface area contributed by atoms with Gasteiger partial charge in [0, 0.05) is 0 Å². The van der Waals surface area contributed by atoms with Gasteiger partial charge in [0.15, 0.2) is 0 Å². The van der Waals surface area contributed by atoms with E-state index in [1.165, 1.54) is 17.0 Å². The van der Waals surface area contributed by atoms with E-state index in [4.69, 9.17) is 9.88 Å². The molecule has 8 nitrogen and oxygen atoms in total. The third kappa shape index (κ3) is 5.00. The third-order valence-corrected chi connectivity index (χ3v) is 5.54. The van der Waals surface area contributed by atoms with E-state index in [1.807, 2.05) is 6.92 Å². The summed E-state index contributed by atoms with van der Waals surface area (Å²) in [6.07, 6.45) is 0.669. The fourth-order valence-corrected chi connectivity index (χ4v) is 3.67. The van der Waals surface area contributed by atoms with Crippen molar-refractivity contribution in [3.63, 3.8) is 0 Å². The number of imide groups is 1. The Hall–Kier alpha value is -2.75. The second kappa shape index (κ2) is 8.73. The van der Waals surface area contributed by atoms with Crippen molar-refractivity contribution in [2.45, 2.75) is 30.7 Å². The number of amides is 2.